The van der Waals surface area contributed by atoms with Crippen molar-refractivity contribution in [2.75, 3.05) is 17.4 Å². The molecule has 0 radical (unpaired) electrons. The van der Waals surface area contributed by atoms with Gasteiger partial charge in [0, 0.05) is 23.1 Å². The van der Waals surface area contributed by atoms with Crippen LogP contribution in [0.25, 0.3) is 0 Å². The van der Waals surface area contributed by atoms with Crippen molar-refractivity contribution in [3.05, 3.63) is 94.0 Å². The number of anilines is 1. The highest BCUT2D eigenvalue weighted by Gasteiger charge is 2.32. The molecule has 0 aromatic heterocycles. The zero-order valence-corrected chi connectivity index (χ0v) is 23.9. The number of aryl methyl sites for hydroxylation is 1. The summed E-state index contributed by atoms with van der Waals surface area (Å²) in [4.78, 5) is 28.0. The first-order valence-electron chi connectivity index (χ1n) is 12.3. The Morgan fingerprint density at radius 1 is 0.947 bits per heavy atom. The molecule has 7 nitrogen and oxygen atoms in total. The third kappa shape index (κ3) is 7.07. The molecule has 1 atom stereocenters. The molecule has 0 bridgehead atoms. The Morgan fingerprint density at radius 3 is 2.18 bits per heavy atom. The molecule has 0 unspecified atom stereocenters. The minimum absolute atomic E-state index is 0.0128. The van der Waals surface area contributed by atoms with Gasteiger partial charge >= 0.3 is 0 Å². The lowest BCUT2D eigenvalue weighted by molar-refractivity contribution is -0.139. The first-order chi connectivity index (χ1) is 18.1. The van der Waals surface area contributed by atoms with Crippen LogP contribution in [0.15, 0.2) is 77.7 Å². The van der Waals surface area contributed by atoms with Gasteiger partial charge in [0.05, 0.1) is 10.6 Å². The number of hydrogen-bond acceptors (Lipinski definition) is 4. The minimum Gasteiger partial charge on any atom is -0.355 e. The van der Waals surface area contributed by atoms with Crippen LogP contribution in [0.1, 0.15) is 31.9 Å². The lowest BCUT2D eigenvalue weighted by Gasteiger charge is -2.32. The van der Waals surface area contributed by atoms with E-state index in [0.717, 1.165) is 16.3 Å². The molecule has 3 rings (SSSR count). The molecular formula is C28H31Cl2N3O4S. The fourth-order valence-corrected chi connectivity index (χ4v) is 5.79. The molecule has 0 saturated heterocycles. The number of benzene rings is 3. The summed E-state index contributed by atoms with van der Waals surface area (Å²) in [5.74, 6) is -0.926. The van der Waals surface area contributed by atoms with Crippen LogP contribution in [-0.2, 0) is 32.6 Å². The zero-order valence-electron chi connectivity index (χ0n) is 21.5. The van der Waals surface area contributed by atoms with Crippen LogP contribution >= 0.6 is 23.2 Å². The SMILES string of the molecule is CCNC(=O)[C@@H](C)N(Cc1ccc(Cl)cc1Cl)C(=O)CN(c1ccc(CC)cc1)S(=O)(=O)c1ccccc1. The van der Waals surface area contributed by atoms with Crippen LogP contribution < -0.4 is 9.62 Å². The van der Waals surface area contributed by atoms with Gasteiger partial charge in [-0.1, -0.05) is 66.5 Å². The van der Waals surface area contributed by atoms with E-state index in [4.69, 9.17) is 23.2 Å². The molecule has 38 heavy (non-hydrogen) atoms. The maximum absolute atomic E-state index is 13.8. The van der Waals surface area contributed by atoms with Crippen molar-refractivity contribution in [3.8, 4) is 0 Å². The minimum atomic E-state index is -4.10. The highest BCUT2D eigenvalue weighted by molar-refractivity contribution is 7.92. The number of carbonyl (C=O) groups is 2. The molecule has 0 fully saturated rings. The van der Waals surface area contributed by atoms with Crippen molar-refractivity contribution in [1.29, 1.82) is 0 Å². The summed E-state index contributed by atoms with van der Waals surface area (Å²) in [7, 11) is -4.10. The van der Waals surface area contributed by atoms with Crippen LogP contribution in [0.5, 0.6) is 0 Å². The fraction of sp³-hybridized carbons (Fsp3) is 0.286. The molecule has 0 spiro atoms. The van der Waals surface area contributed by atoms with E-state index in [0.29, 0.717) is 27.8 Å². The van der Waals surface area contributed by atoms with E-state index < -0.39 is 28.5 Å². The van der Waals surface area contributed by atoms with Crippen molar-refractivity contribution in [2.24, 2.45) is 0 Å². The number of nitrogens with zero attached hydrogens (tertiary/aromatic N) is 2. The molecule has 0 saturated carbocycles. The van der Waals surface area contributed by atoms with E-state index in [9.17, 15) is 18.0 Å². The predicted octanol–water partition coefficient (Wildman–Crippen LogP) is 5.30. The molecular weight excluding hydrogens is 545 g/mol. The summed E-state index contributed by atoms with van der Waals surface area (Å²) in [5.41, 5.74) is 1.95. The normalized spacial score (nSPS) is 12.0. The Morgan fingerprint density at radius 2 is 1.61 bits per heavy atom. The summed E-state index contributed by atoms with van der Waals surface area (Å²) in [5, 5.41) is 3.49. The van der Waals surface area contributed by atoms with Gasteiger partial charge in [0.15, 0.2) is 0 Å². The third-order valence-electron chi connectivity index (χ3n) is 6.12. The molecule has 0 heterocycles. The van der Waals surface area contributed by atoms with E-state index in [1.54, 1.807) is 62.4 Å². The Balaban J connectivity index is 2.04. The second kappa shape index (κ2) is 13.1. The van der Waals surface area contributed by atoms with Crippen LogP contribution in [0.4, 0.5) is 5.69 Å². The second-order valence-corrected chi connectivity index (χ2v) is 11.4. The summed E-state index contributed by atoms with van der Waals surface area (Å²) >= 11 is 12.4. The van der Waals surface area contributed by atoms with Gasteiger partial charge in [-0.05, 0) is 67.8 Å². The first-order valence-corrected chi connectivity index (χ1v) is 14.5. The van der Waals surface area contributed by atoms with Crippen LogP contribution in [-0.4, -0.2) is 44.3 Å². The maximum Gasteiger partial charge on any atom is 0.264 e. The molecule has 3 aromatic carbocycles. The van der Waals surface area contributed by atoms with Gasteiger partial charge in [-0.25, -0.2) is 8.42 Å². The van der Waals surface area contributed by atoms with E-state index in [1.165, 1.54) is 17.0 Å². The largest absolute Gasteiger partial charge is 0.355 e. The number of rotatable bonds is 11. The first kappa shape index (κ1) is 29.5. The number of sulfonamides is 1. The molecule has 10 heteroatoms. The van der Waals surface area contributed by atoms with Crippen molar-refractivity contribution in [2.45, 2.75) is 44.7 Å². The van der Waals surface area contributed by atoms with Crippen molar-refractivity contribution in [3.63, 3.8) is 0 Å². The Labute approximate surface area is 234 Å². The van der Waals surface area contributed by atoms with E-state index in [-0.39, 0.29) is 17.3 Å². The van der Waals surface area contributed by atoms with Crippen molar-refractivity contribution < 1.29 is 18.0 Å². The van der Waals surface area contributed by atoms with Gasteiger partial charge in [0.2, 0.25) is 11.8 Å². The van der Waals surface area contributed by atoms with Crippen LogP contribution in [0.2, 0.25) is 10.0 Å². The maximum atomic E-state index is 13.8. The molecule has 3 aromatic rings. The molecule has 0 aliphatic carbocycles. The number of nitrogens with one attached hydrogen (secondary N) is 1. The van der Waals surface area contributed by atoms with Gasteiger partial charge in [0.25, 0.3) is 10.0 Å². The number of hydrogen-bond donors (Lipinski definition) is 1. The molecule has 0 aliphatic rings. The number of carbonyl (C=O) groups excluding carboxylic acids is 2. The zero-order chi connectivity index (χ0) is 27.9. The van der Waals surface area contributed by atoms with Gasteiger partial charge in [0.1, 0.15) is 12.6 Å². The summed E-state index contributed by atoms with van der Waals surface area (Å²) < 4.78 is 28.6. The van der Waals surface area contributed by atoms with Crippen molar-refractivity contribution >= 4 is 50.7 Å². The lowest BCUT2D eigenvalue weighted by Crippen LogP contribution is -2.51. The molecule has 0 aliphatic heterocycles. The van der Waals surface area contributed by atoms with Crippen LogP contribution in [0.3, 0.4) is 0 Å². The second-order valence-electron chi connectivity index (χ2n) is 8.67. The Kier molecular flexibility index (Phi) is 10.2. The van der Waals surface area contributed by atoms with Gasteiger partial charge in [-0.15, -0.1) is 0 Å². The van der Waals surface area contributed by atoms with E-state index >= 15 is 0 Å². The van der Waals surface area contributed by atoms with Gasteiger partial charge in [-0.3, -0.25) is 13.9 Å². The monoisotopic (exact) mass is 575 g/mol. The Bertz CT molecular complexity index is 1370. The van der Waals surface area contributed by atoms with Gasteiger partial charge < -0.3 is 10.2 Å². The quantitative estimate of drug-likeness (QED) is 0.336. The van der Waals surface area contributed by atoms with Crippen molar-refractivity contribution in [1.82, 2.24) is 10.2 Å². The number of halogens is 2. The summed E-state index contributed by atoms with van der Waals surface area (Å²) in [6, 6.07) is 18.9. The fourth-order valence-electron chi connectivity index (χ4n) is 3.88. The number of likely N-dealkylation sites (N-methyl/N-ethyl adjacent to an activating group) is 1. The summed E-state index contributed by atoms with van der Waals surface area (Å²) in [6.45, 7) is 5.23. The molecule has 202 valence electrons. The highest BCUT2D eigenvalue weighted by Crippen LogP contribution is 2.26. The standard InChI is InChI=1S/C28H31Cl2N3O4S/c1-4-21-11-15-24(16-12-21)33(38(36,37)25-9-7-6-8-10-25)19-27(34)32(20(3)28(35)31-5-2)18-22-13-14-23(29)17-26(22)30/h6-17,20H,4-5,18-19H2,1-3H3,(H,31,35)/t20-/m1/s1. The lowest BCUT2D eigenvalue weighted by atomic mass is 10.1. The van der Waals surface area contributed by atoms with E-state index in [2.05, 4.69) is 5.32 Å². The topological polar surface area (TPSA) is 86.8 Å². The van der Waals surface area contributed by atoms with Crippen LogP contribution in [0, 0.1) is 0 Å². The van der Waals surface area contributed by atoms with Gasteiger partial charge in [-0.2, -0.15) is 0 Å². The van der Waals surface area contributed by atoms with E-state index in [1.807, 2.05) is 19.1 Å². The average molecular weight is 577 g/mol. The third-order valence-corrected chi connectivity index (χ3v) is 8.49. The molecule has 1 N–H and O–H groups in total. The Hall–Kier alpha value is -3.07. The highest BCUT2D eigenvalue weighted by atomic mass is 35.5. The molecule has 2 amide bonds. The average Bonchev–Trinajstić information content (AvgIpc) is 2.91. The predicted molar refractivity (Wildman–Crippen MR) is 152 cm³/mol. The summed E-state index contributed by atoms with van der Waals surface area (Å²) in [6.07, 6.45) is 0.782. The number of amides is 2. The smallest absolute Gasteiger partial charge is 0.264 e.